The van der Waals surface area contributed by atoms with E-state index in [1.807, 2.05) is 24.1 Å². The van der Waals surface area contributed by atoms with Crippen molar-refractivity contribution >= 4 is 5.91 Å². The number of nitrogens with one attached hydrogen (secondary N) is 1. The first kappa shape index (κ1) is 13.6. The molecule has 110 valence electrons. The monoisotopic (exact) mass is 277 g/mol. The lowest BCUT2D eigenvalue weighted by Gasteiger charge is -2.32. The maximum atomic E-state index is 12.5. The Hall–Kier alpha value is -1.40. The second-order valence-electron chi connectivity index (χ2n) is 5.67. The van der Waals surface area contributed by atoms with Crippen molar-refractivity contribution in [2.45, 2.75) is 25.4 Å². The molecular formula is C14H23N5O. The number of aromatic nitrogens is 2. The number of amides is 1. The van der Waals surface area contributed by atoms with Crippen molar-refractivity contribution < 1.29 is 4.79 Å². The van der Waals surface area contributed by atoms with E-state index in [1.54, 1.807) is 10.9 Å². The van der Waals surface area contributed by atoms with Crippen molar-refractivity contribution in [1.29, 1.82) is 0 Å². The predicted octanol–water partition coefficient (Wildman–Crippen LogP) is -0.0498. The number of hydrogen-bond donors (Lipinski definition) is 1. The average Bonchev–Trinajstić information content (AvgIpc) is 3.18. The summed E-state index contributed by atoms with van der Waals surface area (Å²) in [6, 6.07) is 2.19. The maximum Gasteiger partial charge on any atom is 0.247 e. The summed E-state index contributed by atoms with van der Waals surface area (Å²) in [4.78, 5) is 17.0. The van der Waals surface area contributed by atoms with Crippen molar-refractivity contribution in [3.05, 3.63) is 18.5 Å². The third-order valence-electron chi connectivity index (χ3n) is 4.42. The molecule has 0 radical (unpaired) electrons. The molecule has 2 saturated heterocycles. The molecule has 1 N–H and O–H groups in total. The van der Waals surface area contributed by atoms with Gasteiger partial charge in [0, 0.05) is 57.7 Å². The van der Waals surface area contributed by atoms with Crippen molar-refractivity contribution in [2.75, 3.05) is 39.3 Å². The molecule has 2 fully saturated rings. The van der Waals surface area contributed by atoms with Gasteiger partial charge in [-0.2, -0.15) is 5.10 Å². The van der Waals surface area contributed by atoms with Gasteiger partial charge in [-0.3, -0.25) is 14.4 Å². The number of rotatable bonds is 3. The molecule has 0 bridgehead atoms. The molecule has 6 nitrogen and oxygen atoms in total. The van der Waals surface area contributed by atoms with Crippen LogP contribution in [0, 0.1) is 0 Å². The van der Waals surface area contributed by atoms with Crippen LogP contribution in [0.15, 0.2) is 18.5 Å². The van der Waals surface area contributed by atoms with Gasteiger partial charge in [-0.05, 0) is 19.4 Å². The van der Waals surface area contributed by atoms with E-state index in [0.717, 1.165) is 45.7 Å². The number of carbonyl (C=O) groups excluding carboxylic acids is 1. The lowest BCUT2D eigenvalue weighted by molar-refractivity contribution is -0.133. The van der Waals surface area contributed by atoms with E-state index in [9.17, 15) is 4.79 Å². The number of piperazine rings is 1. The maximum absolute atomic E-state index is 12.5. The van der Waals surface area contributed by atoms with Gasteiger partial charge in [-0.25, -0.2) is 0 Å². The molecule has 1 amide bonds. The predicted molar refractivity (Wildman–Crippen MR) is 76.4 cm³/mol. The van der Waals surface area contributed by atoms with Crippen molar-refractivity contribution in [3.63, 3.8) is 0 Å². The zero-order valence-electron chi connectivity index (χ0n) is 12.0. The Morgan fingerprint density at radius 1 is 1.35 bits per heavy atom. The largest absolute Gasteiger partial charge is 0.339 e. The molecule has 0 saturated carbocycles. The van der Waals surface area contributed by atoms with E-state index in [4.69, 9.17) is 0 Å². The molecule has 6 heteroatoms. The Kier molecular flexibility index (Phi) is 4.03. The Bertz CT molecular complexity index is 440. The molecule has 3 rings (SSSR count). The minimum atomic E-state index is -0.202. The quantitative estimate of drug-likeness (QED) is 0.842. The van der Waals surface area contributed by atoms with E-state index >= 15 is 0 Å². The van der Waals surface area contributed by atoms with Crippen LogP contribution >= 0.6 is 0 Å². The summed E-state index contributed by atoms with van der Waals surface area (Å²) in [6.07, 6.45) is 4.67. The van der Waals surface area contributed by atoms with Crippen LogP contribution in [0.25, 0.3) is 0 Å². The molecule has 2 unspecified atom stereocenters. The zero-order chi connectivity index (χ0) is 13.9. The number of nitrogens with zero attached hydrogens (tertiary/aromatic N) is 4. The molecular weight excluding hydrogens is 254 g/mol. The highest BCUT2D eigenvalue weighted by molar-refractivity contribution is 5.80. The highest BCUT2D eigenvalue weighted by Crippen LogP contribution is 2.19. The van der Waals surface area contributed by atoms with Crippen molar-refractivity contribution in [2.24, 2.45) is 0 Å². The summed E-state index contributed by atoms with van der Waals surface area (Å²) >= 11 is 0. The Morgan fingerprint density at radius 2 is 2.15 bits per heavy atom. The molecule has 20 heavy (non-hydrogen) atoms. The van der Waals surface area contributed by atoms with E-state index in [0.29, 0.717) is 6.04 Å². The molecule has 2 aliphatic rings. The van der Waals surface area contributed by atoms with Gasteiger partial charge in [-0.15, -0.1) is 0 Å². The first-order valence-electron chi connectivity index (χ1n) is 7.48. The third kappa shape index (κ3) is 2.71. The fourth-order valence-corrected chi connectivity index (χ4v) is 3.17. The minimum Gasteiger partial charge on any atom is -0.339 e. The van der Waals surface area contributed by atoms with Crippen LogP contribution in [-0.4, -0.2) is 70.8 Å². The molecule has 2 aliphatic heterocycles. The van der Waals surface area contributed by atoms with Crippen LogP contribution < -0.4 is 5.32 Å². The number of hydrogen-bond acceptors (Lipinski definition) is 4. The summed E-state index contributed by atoms with van der Waals surface area (Å²) in [7, 11) is 0. The molecule has 1 aromatic heterocycles. The Balaban J connectivity index is 1.57. The number of likely N-dealkylation sites (tertiary alicyclic amines) is 1. The van der Waals surface area contributed by atoms with Gasteiger partial charge in [0.2, 0.25) is 5.91 Å². The Labute approximate surface area is 119 Å². The minimum absolute atomic E-state index is 0.186. The normalized spacial score (nSPS) is 25.9. The molecule has 0 aliphatic carbocycles. The van der Waals surface area contributed by atoms with Gasteiger partial charge in [-0.1, -0.05) is 0 Å². The van der Waals surface area contributed by atoms with Crippen LogP contribution in [0.2, 0.25) is 0 Å². The van der Waals surface area contributed by atoms with Crippen LogP contribution in [-0.2, 0) is 4.79 Å². The first-order valence-corrected chi connectivity index (χ1v) is 7.48. The molecule has 0 spiro atoms. The van der Waals surface area contributed by atoms with Gasteiger partial charge >= 0.3 is 0 Å². The fourth-order valence-electron chi connectivity index (χ4n) is 3.17. The topological polar surface area (TPSA) is 53.4 Å². The SMILES string of the molecule is CC(C(=O)N1CCC(N2CCNCC2)C1)n1cccn1. The van der Waals surface area contributed by atoms with Gasteiger partial charge < -0.3 is 10.2 Å². The highest BCUT2D eigenvalue weighted by Gasteiger charge is 2.33. The lowest BCUT2D eigenvalue weighted by atomic mass is 10.2. The first-order chi connectivity index (χ1) is 9.75. The summed E-state index contributed by atoms with van der Waals surface area (Å²) in [5, 5.41) is 7.54. The smallest absolute Gasteiger partial charge is 0.247 e. The molecule has 1 aromatic rings. The second kappa shape index (κ2) is 5.93. The van der Waals surface area contributed by atoms with E-state index in [1.165, 1.54) is 0 Å². The average molecular weight is 277 g/mol. The molecule has 0 aromatic carbocycles. The van der Waals surface area contributed by atoms with Gasteiger partial charge in [0.15, 0.2) is 0 Å². The van der Waals surface area contributed by atoms with Crippen molar-refractivity contribution in [3.8, 4) is 0 Å². The summed E-state index contributed by atoms with van der Waals surface area (Å²) < 4.78 is 1.74. The Morgan fingerprint density at radius 3 is 2.85 bits per heavy atom. The van der Waals surface area contributed by atoms with Gasteiger partial charge in [0.25, 0.3) is 0 Å². The zero-order valence-corrected chi connectivity index (χ0v) is 12.0. The van der Waals surface area contributed by atoms with E-state index in [-0.39, 0.29) is 11.9 Å². The molecule has 2 atom stereocenters. The van der Waals surface area contributed by atoms with E-state index < -0.39 is 0 Å². The summed E-state index contributed by atoms with van der Waals surface area (Å²) in [5.74, 6) is 0.186. The van der Waals surface area contributed by atoms with Crippen LogP contribution in [0.5, 0.6) is 0 Å². The summed E-state index contributed by atoms with van der Waals surface area (Å²) in [5.41, 5.74) is 0. The second-order valence-corrected chi connectivity index (χ2v) is 5.67. The van der Waals surface area contributed by atoms with Crippen molar-refractivity contribution in [1.82, 2.24) is 24.9 Å². The fraction of sp³-hybridized carbons (Fsp3) is 0.714. The van der Waals surface area contributed by atoms with Crippen LogP contribution in [0.3, 0.4) is 0 Å². The third-order valence-corrected chi connectivity index (χ3v) is 4.42. The van der Waals surface area contributed by atoms with Gasteiger partial charge in [0.05, 0.1) is 0 Å². The van der Waals surface area contributed by atoms with Crippen LogP contribution in [0.4, 0.5) is 0 Å². The van der Waals surface area contributed by atoms with E-state index in [2.05, 4.69) is 15.3 Å². The number of carbonyl (C=O) groups is 1. The van der Waals surface area contributed by atoms with Gasteiger partial charge in [0.1, 0.15) is 6.04 Å². The summed E-state index contributed by atoms with van der Waals surface area (Å²) in [6.45, 7) is 7.99. The highest BCUT2D eigenvalue weighted by atomic mass is 16.2. The molecule has 3 heterocycles. The van der Waals surface area contributed by atoms with Crippen LogP contribution in [0.1, 0.15) is 19.4 Å². The standard InChI is InChI=1S/C14H23N5O/c1-12(19-7-2-4-16-19)14(20)18-8-3-13(11-18)17-9-5-15-6-10-17/h2,4,7,12-13,15H,3,5-6,8-11H2,1H3. The lowest BCUT2D eigenvalue weighted by Crippen LogP contribution is -2.49.